The number of alkyl halides is 2. The maximum Gasteiger partial charge on any atom is 0.387 e. The van der Waals surface area contributed by atoms with Gasteiger partial charge in [0.15, 0.2) is 6.10 Å². The van der Waals surface area contributed by atoms with Crippen molar-refractivity contribution >= 4 is 11.7 Å². The number of benzene rings is 1. The van der Waals surface area contributed by atoms with Crippen molar-refractivity contribution in [1.29, 1.82) is 0 Å². The molecule has 0 aliphatic heterocycles. The van der Waals surface area contributed by atoms with E-state index in [2.05, 4.69) is 4.74 Å². The first-order chi connectivity index (χ1) is 8.75. The van der Waals surface area contributed by atoms with Gasteiger partial charge in [-0.1, -0.05) is 0 Å². The summed E-state index contributed by atoms with van der Waals surface area (Å²) in [6.45, 7) is -3.42. The topological polar surface area (TPSA) is 110 Å². The average molecular weight is 281 g/mol. The van der Waals surface area contributed by atoms with Crippen LogP contribution >= 0.6 is 0 Å². The molecule has 1 aromatic carbocycles. The van der Waals surface area contributed by atoms with Gasteiger partial charge in [0.1, 0.15) is 0 Å². The summed E-state index contributed by atoms with van der Waals surface area (Å²) in [6.07, 6.45) is -2.36. The van der Waals surface area contributed by atoms with Crippen molar-refractivity contribution in [1.82, 2.24) is 0 Å². The lowest BCUT2D eigenvalue weighted by Gasteiger charge is -2.10. The van der Waals surface area contributed by atoms with E-state index in [4.69, 9.17) is 10.2 Å². The third-order valence-corrected chi connectivity index (χ3v) is 2.04. The molecule has 104 valence electrons. The van der Waals surface area contributed by atoms with Gasteiger partial charge in [0.25, 0.3) is 0 Å². The maximum atomic E-state index is 13.7. The molecule has 0 fully saturated rings. The molecule has 7 nitrogen and oxygen atoms in total. The highest BCUT2D eigenvalue weighted by molar-refractivity contribution is 5.75. The zero-order chi connectivity index (χ0) is 14.7. The molecule has 0 bridgehead atoms. The lowest BCUT2D eigenvalue weighted by molar-refractivity contribution is -0.389. The first kappa shape index (κ1) is 14.7. The molecule has 1 aromatic rings. The molecule has 19 heavy (non-hydrogen) atoms. The normalized spacial score (nSPS) is 12.3. The van der Waals surface area contributed by atoms with E-state index in [-0.39, 0.29) is 0 Å². The van der Waals surface area contributed by atoms with Crippen LogP contribution in [0.2, 0.25) is 0 Å². The van der Waals surface area contributed by atoms with E-state index >= 15 is 0 Å². The molecule has 0 saturated carbocycles. The van der Waals surface area contributed by atoms with Gasteiger partial charge in [0, 0.05) is 5.56 Å². The molecule has 1 atom stereocenters. The quantitative estimate of drug-likeness (QED) is 0.624. The Labute approximate surface area is 103 Å². The fourth-order valence-corrected chi connectivity index (χ4v) is 1.27. The number of nitro groups is 1. The number of carboxylic acids is 1. The first-order valence-electron chi connectivity index (χ1n) is 4.58. The second-order valence-electron chi connectivity index (χ2n) is 3.19. The molecule has 1 rings (SSSR count). The standard InChI is InChI=1S/C9H6F3NO6/c10-5-3(7(14)8(15)16)1-2-4(19-9(11)12)6(5)13(17)18/h1-2,7,9,14H,(H,15,16). The van der Waals surface area contributed by atoms with Crippen molar-refractivity contribution in [2.24, 2.45) is 0 Å². The summed E-state index contributed by atoms with van der Waals surface area (Å²) in [7, 11) is 0. The van der Waals surface area contributed by atoms with E-state index in [0.717, 1.165) is 0 Å². The van der Waals surface area contributed by atoms with Crippen LogP contribution in [0.3, 0.4) is 0 Å². The number of hydrogen-bond acceptors (Lipinski definition) is 5. The predicted octanol–water partition coefficient (Wildman–Crippen LogP) is 1.45. The second kappa shape index (κ2) is 5.52. The van der Waals surface area contributed by atoms with Crippen molar-refractivity contribution in [3.63, 3.8) is 0 Å². The zero-order valence-electron chi connectivity index (χ0n) is 8.92. The van der Waals surface area contributed by atoms with Gasteiger partial charge in [-0.3, -0.25) is 10.1 Å². The van der Waals surface area contributed by atoms with Gasteiger partial charge in [-0.2, -0.15) is 13.2 Å². The second-order valence-corrected chi connectivity index (χ2v) is 3.19. The van der Waals surface area contributed by atoms with Crippen LogP contribution in [0.15, 0.2) is 12.1 Å². The van der Waals surface area contributed by atoms with Crippen LogP contribution < -0.4 is 4.74 Å². The number of ether oxygens (including phenoxy) is 1. The molecule has 0 heterocycles. The van der Waals surface area contributed by atoms with Gasteiger partial charge < -0.3 is 14.9 Å². The minimum atomic E-state index is -3.42. The fourth-order valence-electron chi connectivity index (χ4n) is 1.27. The summed E-state index contributed by atoms with van der Waals surface area (Å²) in [5, 5.41) is 28.2. The number of nitrogens with zero attached hydrogens (tertiary/aromatic N) is 1. The highest BCUT2D eigenvalue weighted by atomic mass is 19.3. The van der Waals surface area contributed by atoms with Crippen LogP contribution in [-0.4, -0.2) is 27.7 Å². The van der Waals surface area contributed by atoms with Crippen LogP contribution in [0.1, 0.15) is 11.7 Å². The van der Waals surface area contributed by atoms with Crippen LogP contribution in [0, 0.1) is 15.9 Å². The number of aliphatic hydroxyl groups is 1. The number of rotatable bonds is 5. The summed E-state index contributed by atoms with van der Waals surface area (Å²) < 4.78 is 41.3. The largest absolute Gasteiger partial charge is 0.479 e. The Morgan fingerprint density at radius 2 is 2.00 bits per heavy atom. The minimum absolute atomic E-state index is 0.578. The Balaban J connectivity index is 3.39. The van der Waals surface area contributed by atoms with Gasteiger partial charge in [0.05, 0.1) is 4.92 Å². The minimum Gasteiger partial charge on any atom is -0.479 e. The third-order valence-electron chi connectivity index (χ3n) is 2.04. The molecule has 0 aliphatic rings. The Kier molecular flexibility index (Phi) is 4.27. The number of hydrogen-bond donors (Lipinski definition) is 2. The van der Waals surface area contributed by atoms with Crippen LogP contribution in [0.4, 0.5) is 18.9 Å². The number of carbonyl (C=O) groups is 1. The number of halogens is 3. The van der Waals surface area contributed by atoms with Gasteiger partial charge in [-0.25, -0.2) is 4.79 Å². The highest BCUT2D eigenvalue weighted by Gasteiger charge is 2.31. The van der Waals surface area contributed by atoms with Crippen LogP contribution in [-0.2, 0) is 4.79 Å². The maximum absolute atomic E-state index is 13.7. The third kappa shape index (κ3) is 3.10. The summed E-state index contributed by atoms with van der Waals surface area (Å²) in [6, 6.07) is 1.19. The summed E-state index contributed by atoms with van der Waals surface area (Å²) in [4.78, 5) is 19.7. The molecule has 0 spiro atoms. The number of aliphatic carboxylic acids is 1. The summed E-state index contributed by atoms with van der Waals surface area (Å²) >= 11 is 0. The van der Waals surface area contributed by atoms with Gasteiger partial charge in [0.2, 0.25) is 11.6 Å². The molecule has 2 N–H and O–H groups in total. The molecular weight excluding hydrogens is 275 g/mol. The van der Waals surface area contributed by atoms with Gasteiger partial charge in [-0.05, 0) is 12.1 Å². The smallest absolute Gasteiger partial charge is 0.387 e. The molecule has 0 amide bonds. The Bertz CT molecular complexity index is 521. The summed E-state index contributed by atoms with van der Waals surface area (Å²) in [5.74, 6) is -4.67. The first-order valence-corrected chi connectivity index (χ1v) is 4.58. The van der Waals surface area contributed by atoms with Crippen molar-refractivity contribution in [3.8, 4) is 5.75 Å². The van der Waals surface area contributed by atoms with E-state index < -0.39 is 46.4 Å². The van der Waals surface area contributed by atoms with E-state index in [9.17, 15) is 28.1 Å². The Hall–Kier alpha value is -2.36. The van der Waals surface area contributed by atoms with Crippen LogP contribution in [0.5, 0.6) is 5.75 Å². The predicted molar refractivity (Wildman–Crippen MR) is 52.3 cm³/mol. The molecule has 0 aliphatic carbocycles. The van der Waals surface area contributed by atoms with Crippen molar-refractivity contribution < 1.29 is 37.8 Å². The summed E-state index contributed by atoms with van der Waals surface area (Å²) in [5.41, 5.74) is -2.40. The molecule has 1 unspecified atom stereocenters. The van der Waals surface area contributed by atoms with Crippen molar-refractivity contribution in [2.45, 2.75) is 12.7 Å². The molecule has 0 radical (unpaired) electrons. The van der Waals surface area contributed by atoms with Gasteiger partial charge >= 0.3 is 18.3 Å². The monoisotopic (exact) mass is 281 g/mol. The average Bonchev–Trinajstić information content (AvgIpc) is 2.26. The number of nitro benzene ring substituents is 1. The lowest BCUT2D eigenvalue weighted by atomic mass is 10.1. The highest BCUT2D eigenvalue weighted by Crippen LogP contribution is 2.35. The van der Waals surface area contributed by atoms with E-state index in [0.29, 0.717) is 12.1 Å². The van der Waals surface area contributed by atoms with E-state index in [1.807, 2.05) is 0 Å². The van der Waals surface area contributed by atoms with Crippen molar-refractivity contribution in [2.75, 3.05) is 0 Å². The van der Waals surface area contributed by atoms with E-state index in [1.54, 1.807) is 0 Å². The van der Waals surface area contributed by atoms with Crippen LogP contribution in [0.25, 0.3) is 0 Å². The Morgan fingerprint density at radius 1 is 1.42 bits per heavy atom. The zero-order valence-corrected chi connectivity index (χ0v) is 8.92. The van der Waals surface area contributed by atoms with Gasteiger partial charge in [-0.15, -0.1) is 0 Å². The fraction of sp³-hybridized carbons (Fsp3) is 0.222. The van der Waals surface area contributed by atoms with E-state index in [1.165, 1.54) is 0 Å². The van der Waals surface area contributed by atoms with Crippen molar-refractivity contribution in [3.05, 3.63) is 33.6 Å². The lowest BCUT2D eigenvalue weighted by Crippen LogP contribution is -2.14. The molecule has 10 heteroatoms. The molecule has 0 aromatic heterocycles. The number of aliphatic hydroxyl groups excluding tert-OH is 1. The molecule has 0 saturated heterocycles. The Morgan fingerprint density at radius 3 is 2.42 bits per heavy atom. The SMILES string of the molecule is O=C(O)C(O)c1ccc(OC(F)F)c([N+](=O)[O-])c1F. The molecular formula is C9H6F3NO6. The number of carboxylic acid groups (broad SMARTS) is 1.